The molecule has 0 bridgehead atoms. The molecule has 1 amide bonds. The normalized spacial score (nSPS) is 13.4. The highest BCUT2D eigenvalue weighted by Crippen LogP contribution is 2.35. The molecule has 1 aliphatic rings. The number of amides is 1. The molecular weight excluding hydrogens is 392 g/mol. The molecule has 1 aromatic carbocycles. The Bertz CT molecular complexity index is 1030. The van der Waals surface area contributed by atoms with E-state index in [2.05, 4.69) is 25.7 Å². The SMILES string of the molecule is CCOc1ccc(-c2noc(CCC(=O)NCc3n[nH]c(=S)n3C3CC3)n2)cc1. The van der Waals surface area contributed by atoms with Gasteiger partial charge in [0.05, 0.1) is 13.2 Å². The zero-order valence-corrected chi connectivity index (χ0v) is 16.9. The van der Waals surface area contributed by atoms with E-state index >= 15 is 0 Å². The molecule has 2 N–H and O–H groups in total. The fraction of sp³-hybridized carbons (Fsp3) is 0.421. The summed E-state index contributed by atoms with van der Waals surface area (Å²) in [6.45, 7) is 2.89. The molecule has 0 atom stereocenters. The van der Waals surface area contributed by atoms with E-state index in [-0.39, 0.29) is 12.3 Å². The third-order valence-corrected chi connectivity index (χ3v) is 4.88. The Morgan fingerprint density at radius 1 is 1.38 bits per heavy atom. The number of ether oxygens (including phenoxy) is 1. The maximum atomic E-state index is 12.2. The Morgan fingerprint density at radius 2 is 2.17 bits per heavy atom. The van der Waals surface area contributed by atoms with Gasteiger partial charge in [-0.2, -0.15) is 10.1 Å². The van der Waals surface area contributed by atoms with Crippen LogP contribution in [0.5, 0.6) is 5.75 Å². The van der Waals surface area contributed by atoms with Gasteiger partial charge in [-0.3, -0.25) is 14.5 Å². The number of nitrogens with one attached hydrogen (secondary N) is 2. The van der Waals surface area contributed by atoms with Gasteiger partial charge in [0.1, 0.15) is 5.75 Å². The molecule has 0 unspecified atom stereocenters. The molecule has 0 radical (unpaired) electrons. The average molecular weight is 414 g/mol. The average Bonchev–Trinajstić information content (AvgIpc) is 3.32. The molecule has 4 rings (SSSR count). The summed E-state index contributed by atoms with van der Waals surface area (Å²) in [4.78, 5) is 16.5. The van der Waals surface area contributed by atoms with Crippen LogP contribution in [0.25, 0.3) is 11.4 Å². The maximum Gasteiger partial charge on any atom is 0.227 e. The van der Waals surface area contributed by atoms with Crippen molar-refractivity contribution in [3.8, 4) is 17.1 Å². The van der Waals surface area contributed by atoms with Crippen LogP contribution in [-0.4, -0.2) is 37.4 Å². The first kappa shape index (κ1) is 19.3. The minimum atomic E-state index is -0.109. The lowest BCUT2D eigenvalue weighted by molar-refractivity contribution is -0.121. The van der Waals surface area contributed by atoms with Crippen molar-refractivity contribution in [2.24, 2.45) is 0 Å². The van der Waals surface area contributed by atoms with E-state index in [0.29, 0.717) is 42.1 Å². The van der Waals surface area contributed by atoms with Gasteiger partial charge in [0.15, 0.2) is 10.6 Å². The molecule has 10 heteroatoms. The molecule has 3 aromatic rings. The summed E-state index contributed by atoms with van der Waals surface area (Å²) in [5.41, 5.74) is 0.829. The number of nitrogens with zero attached hydrogens (tertiary/aromatic N) is 4. The first-order chi connectivity index (χ1) is 14.1. The van der Waals surface area contributed by atoms with E-state index in [4.69, 9.17) is 21.5 Å². The van der Waals surface area contributed by atoms with Crippen molar-refractivity contribution in [1.82, 2.24) is 30.2 Å². The monoisotopic (exact) mass is 414 g/mol. The summed E-state index contributed by atoms with van der Waals surface area (Å²) in [5, 5.41) is 13.9. The van der Waals surface area contributed by atoms with Crippen LogP contribution < -0.4 is 10.1 Å². The highest BCUT2D eigenvalue weighted by Gasteiger charge is 2.27. The van der Waals surface area contributed by atoms with Gasteiger partial charge in [0, 0.05) is 24.4 Å². The lowest BCUT2D eigenvalue weighted by Crippen LogP contribution is -2.25. The molecule has 0 saturated heterocycles. The molecular formula is C19H22N6O3S. The van der Waals surface area contributed by atoms with Crippen LogP contribution in [-0.2, 0) is 17.8 Å². The van der Waals surface area contributed by atoms with Gasteiger partial charge in [-0.1, -0.05) is 5.16 Å². The third-order valence-electron chi connectivity index (χ3n) is 4.59. The number of aromatic amines is 1. The number of H-pyrrole nitrogens is 1. The van der Waals surface area contributed by atoms with Crippen molar-refractivity contribution in [2.45, 2.75) is 45.2 Å². The third kappa shape index (κ3) is 4.70. The Balaban J connectivity index is 1.28. The van der Waals surface area contributed by atoms with Crippen LogP contribution >= 0.6 is 12.2 Å². The number of carbonyl (C=O) groups is 1. The Morgan fingerprint density at radius 3 is 2.90 bits per heavy atom. The second kappa shape index (κ2) is 8.56. The van der Waals surface area contributed by atoms with Gasteiger partial charge in [-0.15, -0.1) is 0 Å². The molecule has 1 saturated carbocycles. The zero-order chi connectivity index (χ0) is 20.2. The number of hydrogen-bond acceptors (Lipinski definition) is 7. The fourth-order valence-corrected chi connectivity index (χ4v) is 3.30. The number of rotatable bonds is 9. The zero-order valence-electron chi connectivity index (χ0n) is 16.1. The molecule has 1 aliphatic carbocycles. The van der Waals surface area contributed by atoms with Crippen molar-refractivity contribution < 1.29 is 14.1 Å². The van der Waals surface area contributed by atoms with Crippen molar-refractivity contribution in [3.05, 3.63) is 40.8 Å². The molecule has 152 valence electrons. The summed E-state index contributed by atoms with van der Waals surface area (Å²) in [7, 11) is 0. The molecule has 2 aromatic heterocycles. The van der Waals surface area contributed by atoms with Crippen LogP contribution in [0.1, 0.15) is 43.9 Å². The number of aryl methyl sites for hydroxylation is 1. The van der Waals surface area contributed by atoms with Gasteiger partial charge < -0.3 is 14.6 Å². The van der Waals surface area contributed by atoms with Crippen molar-refractivity contribution in [3.63, 3.8) is 0 Å². The second-order valence-corrected chi connectivity index (χ2v) is 7.18. The van der Waals surface area contributed by atoms with Crippen LogP contribution in [0.3, 0.4) is 0 Å². The summed E-state index contributed by atoms with van der Waals surface area (Å²) in [6, 6.07) is 7.88. The largest absolute Gasteiger partial charge is 0.494 e. The van der Waals surface area contributed by atoms with Gasteiger partial charge in [-0.05, 0) is 56.2 Å². The van der Waals surface area contributed by atoms with E-state index in [0.717, 1.165) is 30.0 Å². The molecule has 29 heavy (non-hydrogen) atoms. The highest BCUT2D eigenvalue weighted by atomic mass is 32.1. The van der Waals surface area contributed by atoms with E-state index in [9.17, 15) is 4.79 Å². The highest BCUT2D eigenvalue weighted by molar-refractivity contribution is 7.71. The number of aromatic nitrogens is 5. The van der Waals surface area contributed by atoms with E-state index < -0.39 is 0 Å². The number of hydrogen-bond donors (Lipinski definition) is 2. The Labute approximate surface area is 172 Å². The second-order valence-electron chi connectivity index (χ2n) is 6.79. The van der Waals surface area contributed by atoms with Crippen LogP contribution in [0.2, 0.25) is 0 Å². The summed E-state index contributed by atoms with van der Waals surface area (Å²) < 4.78 is 13.3. The van der Waals surface area contributed by atoms with Gasteiger partial charge in [0.2, 0.25) is 17.6 Å². The standard InChI is InChI=1S/C19H22N6O3S/c1-2-27-14-7-3-12(4-8-14)18-21-17(28-24-18)10-9-16(26)20-11-15-22-23-19(29)25(15)13-5-6-13/h3-4,7-8,13H,2,5-6,9-11H2,1H3,(H,20,26)(H,23,29). The van der Waals surface area contributed by atoms with Crippen LogP contribution in [0.4, 0.5) is 0 Å². The van der Waals surface area contributed by atoms with E-state index in [1.807, 2.05) is 35.8 Å². The maximum absolute atomic E-state index is 12.2. The molecule has 9 nitrogen and oxygen atoms in total. The molecule has 0 aliphatic heterocycles. The van der Waals surface area contributed by atoms with Crippen molar-refractivity contribution in [2.75, 3.05) is 6.61 Å². The van der Waals surface area contributed by atoms with Gasteiger partial charge in [-0.25, -0.2) is 0 Å². The van der Waals surface area contributed by atoms with E-state index in [1.165, 1.54) is 0 Å². The minimum absolute atomic E-state index is 0.109. The quantitative estimate of drug-likeness (QED) is 0.518. The first-order valence-corrected chi connectivity index (χ1v) is 10.0. The lowest BCUT2D eigenvalue weighted by atomic mass is 10.2. The summed E-state index contributed by atoms with van der Waals surface area (Å²) in [6.07, 6.45) is 2.82. The minimum Gasteiger partial charge on any atom is -0.494 e. The molecule has 2 heterocycles. The van der Waals surface area contributed by atoms with Crippen molar-refractivity contribution >= 4 is 18.1 Å². The first-order valence-electron chi connectivity index (χ1n) is 9.62. The van der Waals surface area contributed by atoms with Crippen LogP contribution in [0.15, 0.2) is 28.8 Å². The predicted molar refractivity (Wildman–Crippen MR) is 107 cm³/mol. The van der Waals surface area contributed by atoms with Crippen molar-refractivity contribution in [1.29, 1.82) is 0 Å². The summed E-state index contributed by atoms with van der Waals surface area (Å²) >= 11 is 5.24. The fourth-order valence-electron chi connectivity index (χ4n) is 3.00. The Hall–Kier alpha value is -3.01. The predicted octanol–water partition coefficient (Wildman–Crippen LogP) is 2.97. The Kier molecular flexibility index (Phi) is 5.70. The lowest BCUT2D eigenvalue weighted by Gasteiger charge is -2.06. The smallest absolute Gasteiger partial charge is 0.227 e. The van der Waals surface area contributed by atoms with E-state index in [1.54, 1.807) is 0 Å². The molecule has 1 fully saturated rings. The van der Waals surface area contributed by atoms with Crippen LogP contribution in [0, 0.1) is 4.77 Å². The van der Waals surface area contributed by atoms with Gasteiger partial charge in [0.25, 0.3) is 0 Å². The number of carbonyl (C=O) groups excluding carboxylic acids is 1. The number of benzene rings is 1. The van der Waals surface area contributed by atoms with Gasteiger partial charge >= 0.3 is 0 Å². The topological polar surface area (TPSA) is 111 Å². The molecule has 0 spiro atoms. The summed E-state index contributed by atoms with van der Waals surface area (Å²) in [5.74, 6) is 2.34.